The maximum absolute atomic E-state index is 13.0. The van der Waals surface area contributed by atoms with Gasteiger partial charge >= 0.3 is 6.03 Å². The maximum atomic E-state index is 13.0. The van der Waals surface area contributed by atoms with Crippen LogP contribution in [-0.4, -0.2) is 37.4 Å². The summed E-state index contributed by atoms with van der Waals surface area (Å²) in [4.78, 5) is 19.1. The Balaban J connectivity index is 1.80. The van der Waals surface area contributed by atoms with Crippen LogP contribution in [0.4, 0.5) is 10.6 Å². The van der Waals surface area contributed by atoms with E-state index in [0.717, 1.165) is 43.6 Å². The van der Waals surface area contributed by atoms with Gasteiger partial charge in [-0.2, -0.15) is 10.1 Å². The molecule has 8 heteroatoms. The number of carbonyl (C=O) groups is 1. The molecule has 1 fully saturated rings. The van der Waals surface area contributed by atoms with Crippen molar-refractivity contribution >= 4 is 11.8 Å². The third-order valence-electron chi connectivity index (χ3n) is 4.97. The van der Waals surface area contributed by atoms with Crippen molar-refractivity contribution in [1.29, 1.82) is 0 Å². The van der Waals surface area contributed by atoms with Crippen molar-refractivity contribution in [3.05, 3.63) is 23.5 Å². The average molecular weight is 360 g/mol. The lowest BCUT2D eigenvalue weighted by Gasteiger charge is -2.33. The number of aryl methyl sites for hydroxylation is 2. The standard InChI is InChI=1S/C18H28N6O2/c1-5-14(6-2)24-16(11-12(3)21-24)20-18(25)23-10-8-7-9-15(23)17-19-13(4)22-26-17/h11,14-15H,5-10H2,1-4H3,(H,20,25). The van der Waals surface area contributed by atoms with Crippen LogP contribution in [0.25, 0.3) is 0 Å². The van der Waals surface area contributed by atoms with Crippen LogP contribution < -0.4 is 5.32 Å². The third-order valence-corrected chi connectivity index (χ3v) is 4.97. The van der Waals surface area contributed by atoms with E-state index in [4.69, 9.17) is 4.52 Å². The van der Waals surface area contributed by atoms with E-state index in [2.05, 4.69) is 34.4 Å². The van der Waals surface area contributed by atoms with Crippen LogP contribution in [-0.2, 0) is 0 Å². The molecule has 1 unspecified atom stereocenters. The van der Waals surface area contributed by atoms with E-state index in [1.54, 1.807) is 11.8 Å². The monoisotopic (exact) mass is 360 g/mol. The van der Waals surface area contributed by atoms with Crippen LogP contribution >= 0.6 is 0 Å². The molecular formula is C18H28N6O2. The number of nitrogens with zero attached hydrogens (tertiary/aromatic N) is 5. The molecular weight excluding hydrogens is 332 g/mol. The fraction of sp³-hybridized carbons (Fsp3) is 0.667. The molecule has 0 radical (unpaired) electrons. The van der Waals surface area contributed by atoms with Gasteiger partial charge in [-0.15, -0.1) is 0 Å². The third kappa shape index (κ3) is 3.73. The highest BCUT2D eigenvalue weighted by Gasteiger charge is 2.32. The van der Waals surface area contributed by atoms with E-state index in [1.807, 2.05) is 17.7 Å². The lowest BCUT2D eigenvalue weighted by molar-refractivity contribution is 0.142. The van der Waals surface area contributed by atoms with E-state index in [9.17, 15) is 4.79 Å². The topological polar surface area (TPSA) is 89.1 Å². The molecule has 1 aliphatic rings. The molecule has 1 N–H and O–H groups in total. The number of anilines is 1. The molecule has 0 aromatic carbocycles. The summed E-state index contributed by atoms with van der Waals surface area (Å²) >= 11 is 0. The van der Waals surface area contributed by atoms with Gasteiger partial charge in [-0.05, 0) is 46.0 Å². The number of carbonyl (C=O) groups excluding carboxylic acids is 1. The smallest absolute Gasteiger partial charge is 0.323 e. The summed E-state index contributed by atoms with van der Waals surface area (Å²) in [6.07, 6.45) is 4.78. The van der Waals surface area contributed by atoms with Gasteiger partial charge in [0.05, 0.1) is 11.7 Å². The average Bonchev–Trinajstić information content (AvgIpc) is 3.22. The Kier molecular flexibility index (Phi) is 5.58. The van der Waals surface area contributed by atoms with Gasteiger partial charge in [0.15, 0.2) is 5.82 Å². The first-order valence-corrected chi connectivity index (χ1v) is 9.47. The minimum atomic E-state index is -0.171. The normalized spacial score (nSPS) is 17.7. The molecule has 142 valence electrons. The predicted molar refractivity (Wildman–Crippen MR) is 97.9 cm³/mol. The highest BCUT2D eigenvalue weighted by Crippen LogP contribution is 2.31. The fourth-order valence-electron chi connectivity index (χ4n) is 3.58. The van der Waals surface area contributed by atoms with Gasteiger partial charge in [0.1, 0.15) is 11.9 Å². The lowest BCUT2D eigenvalue weighted by Crippen LogP contribution is -2.41. The molecule has 1 atom stereocenters. The molecule has 3 heterocycles. The zero-order chi connectivity index (χ0) is 18.7. The molecule has 0 aliphatic carbocycles. The van der Waals surface area contributed by atoms with E-state index in [-0.39, 0.29) is 18.1 Å². The van der Waals surface area contributed by atoms with E-state index < -0.39 is 0 Å². The first-order valence-electron chi connectivity index (χ1n) is 9.47. The minimum Gasteiger partial charge on any atom is -0.337 e. The zero-order valence-electron chi connectivity index (χ0n) is 16.0. The van der Waals surface area contributed by atoms with E-state index >= 15 is 0 Å². The molecule has 2 aromatic rings. The Morgan fingerprint density at radius 1 is 1.35 bits per heavy atom. The van der Waals surface area contributed by atoms with Gasteiger partial charge < -0.3 is 9.42 Å². The molecule has 0 saturated carbocycles. The van der Waals surface area contributed by atoms with Crippen molar-refractivity contribution in [2.24, 2.45) is 0 Å². The van der Waals surface area contributed by atoms with Crippen LogP contribution in [0.15, 0.2) is 10.6 Å². The van der Waals surface area contributed by atoms with Gasteiger partial charge in [0, 0.05) is 12.6 Å². The van der Waals surface area contributed by atoms with Crippen LogP contribution in [0, 0.1) is 13.8 Å². The highest BCUT2D eigenvalue weighted by atomic mass is 16.5. The van der Waals surface area contributed by atoms with Crippen molar-refractivity contribution in [1.82, 2.24) is 24.8 Å². The van der Waals surface area contributed by atoms with Crippen molar-refractivity contribution in [3.63, 3.8) is 0 Å². The number of hydrogen-bond acceptors (Lipinski definition) is 5. The summed E-state index contributed by atoms with van der Waals surface area (Å²) < 4.78 is 7.27. The quantitative estimate of drug-likeness (QED) is 0.870. The van der Waals surface area contributed by atoms with Gasteiger partial charge in [0.25, 0.3) is 0 Å². The van der Waals surface area contributed by atoms with Gasteiger partial charge in [0.2, 0.25) is 5.89 Å². The summed E-state index contributed by atoms with van der Waals surface area (Å²) in [6, 6.07) is 1.88. The fourth-order valence-corrected chi connectivity index (χ4v) is 3.58. The minimum absolute atomic E-state index is 0.141. The Labute approximate surface area is 153 Å². The number of rotatable bonds is 5. The van der Waals surface area contributed by atoms with Crippen LogP contribution in [0.1, 0.15) is 75.4 Å². The number of nitrogens with one attached hydrogen (secondary N) is 1. The largest absolute Gasteiger partial charge is 0.337 e. The Morgan fingerprint density at radius 3 is 2.77 bits per heavy atom. The zero-order valence-corrected chi connectivity index (χ0v) is 16.0. The van der Waals surface area contributed by atoms with Crippen molar-refractivity contribution in [2.75, 3.05) is 11.9 Å². The number of hydrogen-bond donors (Lipinski definition) is 1. The van der Waals surface area contributed by atoms with Crippen LogP contribution in [0.3, 0.4) is 0 Å². The number of piperidine rings is 1. The second-order valence-corrected chi connectivity index (χ2v) is 6.90. The molecule has 2 aromatic heterocycles. The van der Waals surface area contributed by atoms with Gasteiger partial charge in [-0.25, -0.2) is 9.48 Å². The predicted octanol–water partition coefficient (Wildman–Crippen LogP) is 4.00. The Bertz CT molecular complexity index is 749. The maximum Gasteiger partial charge on any atom is 0.323 e. The number of urea groups is 1. The first-order chi connectivity index (χ1) is 12.5. The summed E-state index contributed by atoms with van der Waals surface area (Å²) in [6.45, 7) is 8.68. The summed E-state index contributed by atoms with van der Waals surface area (Å²) in [5, 5.41) is 11.5. The molecule has 0 bridgehead atoms. The first kappa shape index (κ1) is 18.4. The van der Waals surface area contributed by atoms with Gasteiger partial charge in [-0.3, -0.25) is 5.32 Å². The lowest BCUT2D eigenvalue weighted by atomic mass is 10.0. The molecule has 8 nitrogen and oxygen atoms in total. The molecule has 3 rings (SSSR count). The van der Waals surface area contributed by atoms with E-state index in [1.165, 1.54) is 0 Å². The highest BCUT2D eigenvalue weighted by molar-refractivity contribution is 5.88. The summed E-state index contributed by atoms with van der Waals surface area (Å²) in [5.41, 5.74) is 0.898. The second kappa shape index (κ2) is 7.88. The summed E-state index contributed by atoms with van der Waals surface area (Å²) in [7, 11) is 0. The molecule has 1 saturated heterocycles. The second-order valence-electron chi connectivity index (χ2n) is 6.90. The summed E-state index contributed by atoms with van der Waals surface area (Å²) in [5.74, 6) is 1.85. The Hall–Kier alpha value is -2.38. The van der Waals surface area contributed by atoms with E-state index in [0.29, 0.717) is 18.3 Å². The number of amides is 2. The molecule has 26 heavy (non-hydrogen) atoms. The molecule has 0 spiro atoms. The van der Waals surface area contributed by atoms with Crippen molar-refractivity contribution in [3.8, 4) is 0 Å². The SMILES string of the molecule is CCC(CC)n1nc(C)cc1NC(=O)N1CCCCC1c1nc(C)no1. The number of likely N-dealkylation sites (tertiary alicyclic amines) is 1. The number of aromatic nitrogens is 4. The van der Waals surface area contributed by atoms with Crippen molar-refractivity contribution in [2.45, 2.75) is 71.9 Å². The Morgan fingerprint density at radius 2 is 2.12 bits per heavy atom. The molecule has 1 aliphatic heterocycles. The van der Waals surface area contributed by atoms with Crippen molar-refractivity contribution < 1.29 is 9.32 Å². The van der Waals surface area contributed by atoms with Crippen LogP contribution in [0.5, 0.6) is 0 Å². The van der Waals surface area contributed by atoms with Gasteiger partial charge in [-0.1, -0.05) is 19.0 Å². The van der Waals surface area contributed by atoms with Crippen LogP contribution in [0.2, 0.25) is 0 Å². The molecule has 2 amide bonds.